The van der Waals surface area contributed by atoms with Crippen LogP contribution in [0.1, 0.15) is 25.3 Å². The topological polar surface area (TPSA) is 95.6 Å². The number of anilines is 2. The Hall–Kier alpha value is -2.42. The summed E-state index contributed by atoms with van der Waals surface area (Å²) in [7, 11) is -3.48. The molecule has 2 aromatic carbocycles. The van der Waals surface area contributed by atoms with Crippen molar-refractivity contribution in [3.05, 3.63) is 59.1 Å². The van der Waals surface area contributed by atoms with Gasteiger partial charge in [-0.2, -0.15) is 0 Å². The highest BCUT2D eigenvalue weighted by Gasteiger charge is 2.31. The maximum Gasteiger partial charge on any atom is 0.227 e. The normalized spacial score (nSPS) is 15.5. The summed E-state index contributed by atoms with van der Waals surface area (Å²) in [5.41, 5.74) is 1.82. The molecule has 2 amide bonds. The molecule has 1 fully saturated rings. The van der Waals surface area contributed by atoms with Crippen molar-refractivity contribution in [1.29, 1.82) is 0 Å². The van der Waals surface area contributed by atoms with Crippen LogP contribution in [-0.4, -0.2) is 37.6 Å². The lowest BCUT2D eigenvalue weighted by Crippen LogP contribution is -2.41. The molecule has 0 spiro atoms. The van der Waals surface area contributed by atoms with Crippen LogP contribution < -0.4 is 10.6 Å². The second-order valence-corrected chi connectivity index (χ2v) is 9.72. The predicted molar refractivity (Wildman–Crippen MR) is 118 cm³/mol. The molecule has 9 heteroatoms. The van der Waals surface area contributed by atoms with Gasteiger partial charge in [0.2, 0.25) is 21.8 Å². The highest BCUT2D eigenvalue weighted by molar-refractivity contribution is 7.88. The molecule has 30 heavy (non-hydrogen) atoms. The Labute approximate surface area is 181 Å². The number of nitrogens with zero attached hydrogens (tertiary/aromatic N) is 1. The summed E-state index contributed by atoms with van der Waals surface area (Å²) in [5, 5.41) is 6.02. The zero-order chi connectivity index (χ0) is 21.7. The first kappa shape index (κ1) is 22.3. The number of sulfonamides is 1. The van der Waals surface area contributed by atoms with Gasteiger partial charge < -0.3 is 10.6 Å². The fourth-order valence-electron chi connectivity index (χ4n) is 3.45. The summed E-state index contributed by atoms with van der Waals surface area (Å²) in [6, 6.07) is 13.7. The van der Waals surface area contributed by atoms with Crippen molar-refractivity contribution in [2.75, 3.05) is 23.7 Å². The fraction of sp³-hybridized carbons (Fsp3) is 0.333. The summed E-state index contributed by atoms with van der Waals surface area (Å²) in [6.07, 6.45) is 0.901. The quantitative estimate of drug-likeness (QED) is 0.705. The van der Waals surface area contributed by atoms with E-state index in [0.717, 1.165) is 0 Å². The summed E-state index contributed by atoms with van der Waals surface area (Å²) < 4.78 is 26.9. The Morgan fingerprint density at radius 2 is 1.67 bits per heavy atom. The largest absolute Gasteiger partial charge is 0.326 e. The highest BCUT2D eigenvalue weighted by atomic mass is 35.5. The van der Waals surface area contributed by atoms with E-state index in [4.69, 9.17) is 11.6 Å². The van der Waals surface area contributed by atoms with E-state index in [2.05, 4.69) is 10.6 Å². The smallest absolute Gasteiger partial charge is 0.227 e. The maximum absolute atomic E-state index is 12.7. The average molecular weight is 450 g/mol. The second-order valence-electron chi connectivity index (χ2n) is 7.31. The van der Waals surface area contributed by atoms with Crippen LogP contribution in [0.3, 0.4) is 0 Å². The first-order valence-corrected chi connectivity index (χ1v) is 11.6. The van der Waals surface area contributed by atoms with Gasteiger partial charge in [-0.15, -0.1) is 0 Å². The van der Waals surface area contributed by atoms with Crippen LogP contribution in [0.25, 0.3) is 0 Å². The highest BCUT2D eigenvalue weighted by Crippen LogP contribution is 2.24. The number of amides is 2. The number of hydrogen-bond donors (Lipinski definition) is 2. The minimum Gasteiger partial charge on any atom is -0.326 e. The average Bonchev–Trinajstić information content (AvgIpc) is 2.67. The fourth-order valence-corrected chi connectivity index (χ4v) is 5.21. The summed E-state index contributed by atoms with van der Waals surface area (Å²) in [5.74, 6) is -0.723. The van der Waals surface area contributed by atoms with E-state index in [0.29, 0.717) is 47.9 Å². The molecule has 0 saturated carbocycles. The van der Waals surface area contributed by atoms with Crippen molar-refractivity contribution in [3.63, 3.8) is 0 Å². The molecule has 1 aliphatic rings. The van der Waals surface area contributed by atoms with Crippen LogP contribution in [0.15, 0.2) is 48.5 Å². The Bertz CT molecular complexity index is 1030. The Morgan fingerprint density at radius 1 is 1.03 bits per heavy atom. The lowest BCUT2D eigenvalue weighted by Gasteiger charge is -2.30. The molecular weight excluding hydrogens is 426 g/mol. The molecule has 2 aromatic rings. The standard InChI is InChI=1S/C21H24ClN3O4S/c1-15(26)23-19-6-3-7-20(13-19)24-21(27)17-8-10-25(11-9-17)30(28,29)14-16-4-2-5-18(22)12-16/h2-7,12-13,17H,8-11,14H2,1H3,(H,23,26)(H,24,27). The van der Waals surface area contributed by atoms with E-state index in [1.165, 1.54) is 11.2 Å². The van der Waals surface area contributed by atoms with Crippen molar-refractivity contribution in [2.24, 2.45) is 5.92 Å². The molecule has 1 heterocycles. The monoisotopic (exact) mass is 449 g/mol. The summed E-state index contributed by atoms with van der Waals surface area (Å²) in [4.78, 5) is 23.8. The summed E-state index contributed by atoms with van der Waals surface area (Å²) in [6.45, 7) is 2.01. The Morgan fingerprint density at radius 3 is 2.30 bits per heavy atom. The third-order valence-corrected chi connectivity index (χ3v) is 6.99. The number of carbonyl (C=O) groups excluding carboxylic acids is 2. The molecule has 0 aliphatic carbocycles. The van der Waals surface area contributed by atoms with Gasteiger partial charge in [-0.05, 0) is 48.7 Å². The van der Waals surface area contributed by atoms with Gasteiger partial charge in [0, 0.05) is 42.3 Å². The molecule has 7 nitrogen and oxygen atoms in total. The van der Waals surface area contributed by atoms with Crippen molar-refractivity contribution >= 4 is 44.8 Å². The number of rotatable bonds is 6. The number of hydrogen-bond acceptors (Lipinski definition) is 4. The van der Waals surface area contributed by atoms with Gasteiger partial charge in [0.05, 0.1) is 5.75 Å². The SMILES string of the molecule is CC(=O)Nc1cccc(NC(=O)C2CCN(S(=O)(=O)Cc3cccc(Cl)c3)CC2)c1. The van der Waals surface area contributed by atoms with Gasteiger partial charge in [0.1, 0.15) is 0 Å². The van der Waals surface area contributed by atoms with E-state index < -0.39 is 10.0 Å². The lowest BCUT2D eigenvalue weighted by molar-refractivity contribution is -0.121. The van der Waals surface area contributed by atoms with E-state index in [-0.39, 0.29) is 23.5 Å². The van der Waals surface area contributed by atoms with Gasteiger partial charge in [-0.1, -0.05) is 29.8 Å². The molecule has 0 unspecified atom stereocenters. The van der Waals surface area contributed by atoms with Crippen LogP contribution in [0, 0.1) is 5.92 Å². The van der Waals surface area contributed by atoms with Crippen LogP contribution in [-0.2, 0) is 25.4 Å². The zero-order valence-electron chi connectivity index (χ0n) is 16.6. The lowest BCUT2D eigenvalue weighted by atomic mass is 9.97. The minimum atomic E-state index is -3.48. The summed E-state index contributed by atoms with van der Waals surface area (Å²) >= 11 is 5.94. The predicted octanol–water partition coefficient (Wildman–Crippen LogP) is 3.48. The third-order valence-electron chi connectivity index (χ3n) is 4.91. The van der Waals surface area contributed by atoms with Gasteiger partial charge in [0.15, 0.2) is 0 Å². The molecule has 0 bridgehead atoms. The first-order chi connectivity index (χ1) is 14.2. The molecule has 1 aliphatic heterocycles. The third kappa shape index (κ3) is 6.04. The molecule has 1 saturated heterocycles. The van der Waals surface area contributed by atoms with Gasteiger partial charge in [-0.3, -0.25) is 9.59 Å². The van der Waals surface area contributed by atoms with Crippen LogP contribution in [0.2, 0.25) is 5.02 Å². The van der Waals surface area contributed by atoms with Crippen LogP contribution in [0.4, 0.5) is 11.4 Å². The minimum absolute atomic E-state index is 0.111. The molecule has 0 atom stereocenters. The van der Waals surface area contributed by atoms with E-state index in [1.807, 2.05) is 0 Å². The number of piperidine rings is 1. The number of halogens is 1. The van der Waals surface area contributed by atoms with Gasteiger partial charge in [0.25, 0.3) is 0 Å². The van der Waals surface area contributed by atoms with Crippen molar-refractivity contribution in [1.82, 2.24) is 4.31 Å². The molecule has 3 rings (SSSR count). The van der Waals surface area contributed by atoms with Gasteiger partial charge >= 0.3 is 0 Å². The molecular formula is C21H24ClN3O4S. The van der Waals surface area contributed by atoms with E-state index in [9.17, 15) is 18.0 Å². The van der Waals surface area contributed by atoms with Crippen LogP contribution >= 0.6 is 11.6 Å². The van der Waals surface area contributed by atoms with Crippen LogP contribution in [0.5, 0.6) is 0 Å². The van der Waals surface area contributed by atoms with Crippen molar-refractivity contribution in [3.8, 4) is 0 Å². The molecule has 0 radical (unpaired) electrons. The maximum atomic E-state index is 12.7. The zero-order valence-corrected chi connectivity index (χ0v) is 18.2. The van der Waals surface area contributed by atoms with Crippen molar-refractivity contribution in [2.45, 2.75) is 25.5 Å². The van der Waals surface area contributed by atoms with E-state index >= 15 is 0 Å². The number of nitrogens with one attached hydrogen (secondary N) is 2. The molecule has 160 valence electrons. The number of carbonyl (C=O) groups is 2. The number of benzene rings is 2. The molecule has 2 N–H and O–H groups in total. The second kappa shape index (κ2) is 9.59. The Kier molecular flexibility index (Phi) is 7.12. The molecule has 0 aromatic heterocycles. The van der Waals surface area contributed by atoms with E-state index in [1.54, 1.807) is 48.5 Å². The first-order valence-electron chi connectivity index (χ1n) is 9.64. The van der Waals surface area contributed by atoms with Gasteiger partial charge in [-0.25, -0.2) is 12.7 Å². The van der Waals surface area contributed by atoms with Crippen molar-refractivity contribution < 1.29 is 18.0 Å². The Balaban J connectivity index is 1.56.